The van der Waals surface area contributed by atoms with Crippen LogP contribution < -0.4 is 15.0 Å². The predicted octanol–water partition coefficient (Wildman–Crippen LogP) is 1.88. The van der Waals surface area contributed by atoms with Crippen LogP contribution in [0.2, 0.25) is 0 Å². The molecule has 1 aliphatic heterocycles. The number of hydrogen-bond acceptors (Lipinski definition) is 4. The van der Waals surface area contributed by atoms with Gasteiger partial charge in [0.15, 0.2) is 0 Å². The molecule has 0 radical (unpaired) electrons. The Bertz CT molecular complexity index is 525. The summed E-state index contributed by atoms with van der Waals surface area (Å²) >= 11 is 0. The first kappa shape index (κ1) is 15.3. The highest BCUT2D eigenvalue weighted by molar-refractivity contribution is 6.22. The summed E-state index contributed by atoms with van der Waals surface area (Å²) in [7, 11) is 0. The normalized spacial score (nSPS) is 18.1. The van der Waals surface area contributed by atoms with Crippen LogP contribution in [0, 0.1) is 0 Å². The number of nitrogens with one attached hydrogen (secondary N) is 1. The Morgan fingerprint density at radius 2 is 2.10 bits per heavy atom. The second kappa shape index (κ2) is 7.04. The lowest BCUT2D eigenvalue weighted by Crippen LogP contribution is -2.38. The van der Waals surface area contributed by atoms with Gasteiger partial charge in [0.25, 0.3) is 5.91 Å². The molecule has 1 saturated heterocycles. The number of ether oxygens (including phenoxy) is 1. The fourth-order valence-electron chi connectivity index (χ4n) is 2.20. The molecule has 1 aromatic rings. The standard InChI is InChI=1S/C16H20N2O3/c1-3-9-17-14-11-15(19)18(16(14)20)12-5-7-13(8-6-12)21-10-4-2/h3,5-8,14,17H,1,4,9-11H2,2H3. The van der Waals surface area contributed by atoms with Gasteiger partial charge in [-0.05, 0) is 30.7 Å². The average molecular weight is 288 g/mol. The van der Waals surface area contributed by atoms with Crippen LogP contribution in [-0.4, -0.2) is 31.0 Å². The molecule has 0 aliphatic carbocycles. The molecule has 1 aliphatic rings. The van der Waals surface area contributed by atoms with Crippen LogP contribution in [-0.2, 0) is 9.59 Å². The molecule has 5 heteroatoms. The maximum absolute atomic E-state index is 12.3. The fourth-order valence-corrected chi connectivity index (χ4v) is 2.20. The van der Waals surface area contributed by atoms with Crippen LogP contribution >= 0.6 is 0 Å². The largest absolute Gasteiger partial charge is 0.494 e. The summed E-state index contributed by atoms with van der Waals surface area (Å²) in [4.78, 5) is 25.5. The summed E-state index contributed by atoms with van der Waals surface area (Å²) in [6.07, 6.45) is 2.78. The molecular weight excluding hydrogens is 268 g/mol. The van der Waals surface area contributed by atoms with E-state index in [2.05, 4.69) is 11.9 Å². The van der Waals surface area contributed by atoms with Crippen molar-refractivity contribution in [1.82, 2.24) is 5.32 Å². The number of carbonyl (C=O) groups is 2. The number of benzene rings is 1. The summed E-state index contributed by atoms with van der Waals surface area (Å²) in [5, 5.41) is 3.00. The third kappa shape index (κ3) is 3.49. The Balaban J connectivity index is 2.08. The zero-order chi connectivity index (χ0) is 15.2. The predicted molar refractivity (Wildman–Crippen MR) is 81.3 cm³/mol. The molecule has 1 aromatic carbocycles. The van der Waals surface area contributed by atoms with E-state index in [-0.39, 0.29) is 18.2 Å². The first-order valence-corrected chi connectivity index (χ1v) is 7.11. The first-order chi connectivity index (χ1) is 10.2. The van der Waals surface area contributed by atoms with Crippen LogP contribution in [0.25, 0.3) is 0 Å². The number of amides is 2. The van der Waals surface area contributed by atoms with E-state index >= 15 is 0 Å². The maximum Gasteiger partial charge on any atom is 0.251 e. The first-order valence-electron chi connectivity index (χ1n) is 7.11. The summed E-state index contributed by atoms with van der Waals surface area (Å²) in [5.74, 6) is 0.328. The summed E-state index contributed by atoms with van der Waals surface area (Å²) in [6.45, 7) is 6.77. The smallest absolute Gasteiger partial charge is 0.251 e. The second-order valence-electron chi connectivity index (χ2n) is 4.86. The number of hydrogen-bond donors (Lipinski definition) is 1. The zero-order valence-electron chi connectivity index (χ0n) is 12.2. The van der Waals surface area contributed by atoms with Gasteiger partial charge in [0.1, 0.15) is 5.75 Å². The Morgan fingerprint density at radius 3 is 2.71 bits per heavy atom. The van der Waals surface area contributed by atoms with Crippen molar-refractivity contribution in [3.05, 3.63) is 36.9 Å². The number of nitrogens with zero attached hydrogens (tertiary/aromatic N) is 1. The summed E-state index contributed by atoms with van der Waals surface area (Å²) in [6, 6.07) is 6.55. The Labute approximate surface area is 124 Å². The van der Waals surface area contributed by atoms with Crippen LogP contribution in [0.15, 0.2) is 36.9 Å². The van der Waals surface area contributed by atoms with Crippen molar-refractivity contribution in [2.75, 3.05) is 18.1 Å². The van der Waals surface area contributed by atoms with E-state index in [1.165, 1.54) is 4.90 Å². The van der Waals surface area contributed by atoms with Gasteiger partial charge >= 0.3 is 0 Å². The summed E-state index contributed by atoms with van der Waals surface area (Å²) in [5.41, 5.74) is 0.580. The molecule has 2 amide bonds. The molecule has 1 atom stereocenters. The van der Waals surface area contributed by atoms with Gasteiger partial charge in [-0.25, -0.2) is 4.90 Å². The van der Waals surface area contributed by atoms with Crippen molar-refractivity contribution < 1.29 is 14.3 Å². The molecule has 0 saturated carbocycles. The van der Waals surface area contributed by atoms with Gasteiger partial charge in [-0.2, -0.15) is 0 Å². The number of anilines is 1. The molecule has 21 heavy (non-hydrogen) atoms. The highest BCUT2D eigenvalue weighted by Crippen LogP contribution is 2.25. The van der Waals surface area contributed by atoms with Crippen LogP contribution in [0.1, 0.15) is 19.8 Å². The van der Waals surface area contributed by atoms with Gasteiger partial charge in [-0.3, -0.25) is 9.59 Å². The Kier molecular flexibility index (Phi) is 5.11. The molecule has 1 fully saturated rings. The van der Waals surface area contributed by atoms with Gasteiger partial charge in [0.2, 0.25) is 5.91 Å². The van der Waals surface area contributed by atoms with Crippen molar-refractivity contribution in [2.24, 2.45) is 0 Å². The molecule has 5 nitrogen and oxygen atoms in total. The molecule has 1 unspecified atom stereocenters. The van der Waals surface area contributed by atoms with Gasteiger partial charge in [0, 0.05) is 6.54 Å². The molecule has 0 aromatic heterocycles. The monoisotopic (exact) mass is 288 g/mol. The molecule has 2 rings (SSSR count). The molecule has 112 valence electrons. The maximum atomic E-state index is 12.3. The number of rotatable bonds is 7. The van der Waals surface area contributed by atoms with Crippen molar-refractivity contribution in [3.63, 3.8) is 0 Å². The Morgan fingerprint density at radius 1 is 1.38 bits per heavy atom. The van der Waals surface area contributed by atoms with E-state index in [0.717, 1.165) is 12.2 Å². The highest BCUT2D eigenvalue weighted by atomic mass is 16.5. The van der Waals surface area contributed by atoms with E-state index in [1.807, 2.05) is 6.92 Å². The lowest BCUT2D eigenvalue weighted by atomic mass is 10.2. The van der Waals surface area contributed by atoms with E-state index in [1.54, 1.807) is 30.3 Å². The molecule has 0 spiro atoms. The molecule has 1 N–H and O–H groups in total. The quantitative estimate of drug-likeness (QED) is 0.615. The minimum absolute atomic E-state index is 0.181. The summed E-state index contributed by atoms with van der Waals surface area (Å²) < 4.78 is 5.49. The molecular formula is C16H20N2O3. The lowest BCUT2D eigenvalue weighted by Gasteiger charge is -2.15. The van der Waals surface area contributed by atoms with E-state index in [0.29, 0.717) is 18.8 Å². The van der Waals surface area contributed by atoms with Crippen LogP contribution in [0.3, 0.4) is 0 Å². The lowest BCUT2D eigenvalue weighted by molar-refractivity contribution is -0.121. The Hall–Kier alpha value is -2.14. The van der Waals surface area contributed by atoms with Crippen LogP contribution in [0.5, 0.6) is 5.75 Å². The van der Waals surface area contributed by atoms with E-state index < -0.39 is 6.04 Å². The fraction of sp³-hybridized carbons (Fsp3) is 0.375. The van der Waals surface area contributed by atoms with Crippen LogP contribution in [0.4, 0.5) is 5.69 Å². The van der Waals surface area contributed by atoms with Gasteiger partial charge in [0.05, 0.1) is 24.8 Å². The van der Waals surface area contributed by atoms with Gasteiger partial charge in [-0.1, -0.05) is 13.0 Å². The molecule has 1 heterocycles. The van der Waals surface area contributed by atoms with Crippen molar-refractivity contribution in [3.8, 4) is 5.75 Å². The van der Waals surface area contributed by atoms with E-state index in [4.69, 9.17) is 4.74 Å². The zero-order valence-corrected chi connectivity index (χ0v) is 12.2. The van der Waals surface area contributed by atoms with Gasteiger partial charge < -0.3 is 10.1 Å². The SMILES string of the molecule is C=CCNC1CC(=O)N(c2ccc(OCCC)cc2)C1=O. The second-order valence-corrected chi connectivity index (χ2v) is 4.86. The highest BCUT2D eigenvalue weighted by Gasteiger charge is 2.38. The third-order valence-electron chi connectivity index (χ3n) is 3.22. The van der Waals surface area contributed by atoms with Gasteiger partial charge in [-0.15, -0.1) is 6.58 Å². The number of imide groups is 1. The third-order valence-corrected chi connectivity index (χ3v) is 3.22. The minimum Gasteiger partial charge on any atom is -0.494 e. The van der Waals surface area contributed by atoms with Crippen molar-refractivity contribution >= 4 is 17.5 Å². The van der Waals surface area contributed by atoms with Crippen molar-refractivity contribution in [1.29, 1.82) is 0 Å². The van der Waals surface area contributed by atoms with E-state index in [9.17, 15) is 9.59 Å². The minimum atomic E-state index is -0.466. The van der Waals surface area contributed by atoms with Crippen molar-refractivity contribution in [2.45, 2.75) is 25.8 Å². The topological polar surface area (TPSA) is 58.6 Å². The average Bonchev–Trinajstić information content (AvgIpc) is 2.78. The molecule has 0 bridgehead atoms. The number of carbonyl (C=O) groups excluding carboxylic acids is 2.